The average Bonchev–Trinajstić information content (AvgIpc) is 2.30. The fourth-order valence-corrected chi connectivity index (χ4v) is 3.17. The van der Waals surface area contributed by atoms with Gasteiger partial charge in [-0.3, -0.25) is 4.79 Å². The van der Waals surface area contributed by atoms with Gasteiger partial charge < -0.3 is 4.74 Å². The third kappa shape index (κ3) is 3.35. The summed E-state index contributed by atoms with van der Waals surface area (Å²) in [4.78, 5) is 11.0. The van der Waals surface area contributed by atoms with E-state index in [4.69, 9.17) is 23.2 Å². The van der Waals surface area contributed by atoms with Crippen LogP contribution in [0.3, 0.4) is 0 Å². The summed E-state index contributed by atoms with van der Waals surface area (Å²) in [6.45, 7) is 1.36. The van der Waals surface area contributed by atoms with E-state index in [1.807, 2.05) is 0 Å². The molecule has 0 saturated heterocycles. The lowest BCUT2D eigenvalue weighted by Crippen LogP contribution is -2.39. The van der Waals surface area contributed by atoms with E-state index < -0.39 is 22.0 Å². The molecule has 0 amide bonds. The SMILES string of the molecule is COC(=O)C(C)NS(=O)(=O)c1cccc(Cl)c1Cl. The van der Waals surface area contributed by atoms with E-state index in [0.717, 1.165) is 0 Å². The van der Waals surface area contributed by atoms with Crippen molar-refractivity contribution in [2.75, 3.05) is 7.11 Å². The van der Waals surface area contributed by atoms with Crippen molar-refractivity contribution in [3.05, 3.63) is 28.2 Å². The van der Waals surface area contributed by atoms with Crippen LogP contribution in [0.15, 0.2) is 23.1 Å². The van der Waals surface area contributed by atoms with E-state index >= 15 is 0 Å². The maximum Gasteiger partial charge on any atom is 0.323 e. The molecule has 18 heavy (non-hydrogen) atoms. The molecular weight excluding hydrogens is 301 g/mol. The van der Waals surface area contributed by atoms with Crippen LogP contribution >= 0.6 is 23.2 Å². The number of halogens is 2. The van der Waals surface area contributed by atoms with E-state index in [1.165, 1.54) is 32.2 Å². The highest BCUT2D eigenvalue weighted by atomic mass is 35.5. The van der Waals surface area contributed by atoms with Crippen molar-refractivity contribution in [2.24, 2.45) is 0 Å². The zero-order valence-corrected chi connectivity index (χ0v) is 11.9. The standard InChI is InChI=1S/C10H11Cl2NO4S/c1-6(10(14)17-2)13-18(15,16)8-5-3-4-7(11)9(8)12/h3-6,13H,1-2H3. The molecule has 0 aliphatic heterocycles. The zero-order chi connectivity index (χ0) is 13.9. The summed E-state index contributed by atoms with van der Waals surface area (Å²) in [5, 5.41) is 0.0222. The maximum absolute atomic E-state index is 12.0. The van der Waals surface area contributed by atoms with Gasteiger partial charge in [0.05, 0.1) is 17.2 Å². The molecule has 5 nitrogen and oxygen atoms in total. The van der Waals surface area contributed by atoms with Crippen molar-refractivity contribution < 1.29 is 17.9 Å². The number of carbonyl (C=O) groups excluding carboxylic acids is 1. The molecule has 0 spiro atoms. The first kappa shape index (κ1) is 15.2. The highest BCUT2D eigenvalue weighted by Crippen LogP contribution is 2.28. The Balaban J connectivity index is 3.08. The minimum atomic E-state index is -3.94. The van der Waals surface area contributed by atoms with Crippen LogP contribution in [-0.2, 0) is 19.6 Å². The minimum absolute atomic E-state index is 0.0938. The number of ether oxygens (including phenoxy) is 1. The van der Waals surface area contributed by atoms with Crippen molar-refractivity contribution in [3.63, 3.8) is 0 Å². The molecule has 1 N–H and O–H groups in total. The molecular formula is C10H11Cl2NO4S. The average molecular weight is 312 g/mol. The van der Waals surface area contributed by atoms with Crippen LogP contribution in [0, 0.1) is 0 Å². The third-order valence-electron chi connectivity index (χ3n) is 2.09. The molecule has 0 bridgehead atoms. The molecule has 0 saturated carbocycles. The summed E-state index contributed by atoms with van der Waals surface area (Å²) >= 11 is 11.5. The van der Waals surface area contributed by atoms with Crippen LogP contribution in [0.4, 0.5) is 0 Å². The van der Waals surface area contributed by atoms with Gasteiger partial charge in [-0.2, -0.15) is 4.72 Å². The molecule has 1 aromatic carbocycles. The number of nitrogens with one attached hydrogen (secondary N) is 1. The fraction of sp³-hybridized carbons (Fsp3) is 0.300. The molecule has 0 aliphatic carbocycles. The first-order valence-electron chi connectivity index (χ1n) is 4.83. The molecule has 1 atom stereocenters. The van der Waals surface area contributed by atoms with Gasteiger partial charge in [-0.1, -0.05) is 29.3 Å². The number of hydrogen-bond donors (Lipinski definition) is 1. The first-order valence-corrected chi connectivity index (χ1v) is 7.07. The van der Waals surface area contributed by atoms with Gasteiger partial charge in [-0.15, -0.1) is 0 Å². The van der Waals surface area contributed by atoms with Gasteiger partial charge in [0, 0.05) is 0 Å². The Morgan fingerprint density at radius 2 is 2.00 bits per heavy atom. The topological polar surface area (TPSA) is 72.5 Å². The molecule has 0 radical (unpaired) electrons. The number of sulfonamides is 1. The van der Waals surface area contributed by atoms with Crippen LogP contribution in [-0.4, -0.2) is 27.5 Å². The van der Waals surface area contributed by atoms with Crippen molar-refractivity contribution in [1.29, 1.82) is 0 Å². The third-order valence-corrected chi connectivity index (χ3v) is 4.61. The normalized spacial score (nSPS) is 13.1. The number of rotatable bonds is 4. The van der Waals surface area contributed by atoms with E-state index in [1.54, 1.807) is 0 Å². The lowest BCUT2D eigenvalue weighted by Gasteiger charge is -2.13. The second-order valence-electron chi connectivity index (χ2n) is 3.42. The number of benzene rings is 1. The van der Waals surface area contributed by atoms with Gasteiger partial charge >= 0.3 is 5.97 Å². The largest absolute Gasteiger partial charge is 0.468 e. The zero-order valence-electron chi connectivity index (χ0n) is 9.61. The summed E-state index contributed by atoms with van der Waals surface area (Å²) in [5.41, 5.74) is 0. The molecule has 1 aromatic rings. The second-order valence-corrected chi connectivity index (χ2v) is 5.89. The van der Waals surface area contributed by atoms with Crippen LogP contribution in [0.1, 0.15) is 6.92 Å². The Labute approximate surface area is 115 Å². The van der Waals surface area contributed by atoms with Gasteiger partial charge in [-0.05, 0) is 19.1 Å². The molecule has 0 aromatic heterocycles. The molecule has 1 rings (SSSR count). The Morgan fingerprint density at radius 1 is 1.39 bits per heavy atom. The Bertz CT molecular complexity index is 559. The van der Waals surface area contributed by atoms with Crippen LogP contribution < -0.4 is 4.72 Å². The maximum atomic E-state index is 12.0. The minimum Gasteiger partial charge on any atom is -0.468 e. The second kappa shape index (κ2) is 5.88. The van der Waals surface area contributed by atoms with Crippen LogP contribution in [0.2, 0.25) is 10.0 Å². The van der Waals surface area contributed by atoms with Crippen LogP contribution in [0.5, 0.6) is 0 Å². The predicted molar refractivity (Wildman–Crippen MR) is 68.3 cm³/mol. The smallest absolute Gasteiger partial charge is 0.323 e. The lowest BCUT2D eigenvalue weighted by molar-refractivity contribution is -0.142. The van der Waals surface area contributed by atoms with E-state index in [2.05, 4.69) is 9.46 Å². The molecule has 1 unspecified atom stereocenters. The first-order chi connectivity index (χ1) is 8.29. The van der Waals surface area contributed by atoms with Crippen molar-refractivity contribution in [2.45, 2.75) is 17.9 Å². The van der Waals surface area contributed by atoms with E-state index in [0.29, 0.717) is 0 Å². The van der Waals surface area contributed by atoms with Gasteiger partial charge in [0.15, 0.2) is 0 Å². The van der Waals surface area contributed by atoms with Gasteiger partial charge in [0.25, 0.3) is 0 Å². The molecule has 100 valence electrons. The summed E-state index contributed by atoms with van der Waals surface area (Å²) in [5.74, 6) is -0.697. The van der Waals surface area contributed by atoms with Crippen molar-refractivity contribution >= 4 is 39.2 Å². The summed E-state index contributed by atoms with van der Waals surface area (Å²) in [6, 6.07) is 3.19. The molecule has 8 heteroatoms. The monoisotopic (exact) mass is 311 g/mol. The van der Waals surface area contributed by atoms with Crippen LogP contribution in [0.25, 0.3) is 0 Å². The van der Waals surface area contributed by atoms with E-state index in [9.17, 15) is 13.2 Å². The fourth-order valence-electron chi connectivity index (χ4n) is 1.21. The number of esters is 1. The number of carbonyl (C=O) groups is 1. The highest BCUT2D eigenvalue weighted by molar-refractivity contribution is 7.89. The molecule has 0 aliphatic rings. The number of methoxy groups -OCH3 is 1. The Hall–Kier alpha value is -0.820. The lowest BCUT2D eigenvalue weighted by atomic mass is 10.4. The van der Waals surface area contributed by atoms with Gasteiger partial charge in [0.1, 0.15) is 10.9 Å². The van der Waals surface area contributed by atoms with Crippen molar-refractivity contribution in [1.82, 2.24) is 4.72 Å². The summed E-state index contributed by atoms with van der Waals surface area (Å²) < 4.78 is 30.5. The van der Waals surface area contributed by atoms with Crippen molar-refractivity contribution in [3.8, 4) is 0 Å². The Kier molecular flexibility index (Phi) is 4.98. The summed E-state index contributed by atoms with van der Waals surface area (Å²) in [6.07, 6.45) is 0. The number of hydrogen-bond acceptors (Lipinski definition) is 4. The molecule has 0 heterocycles. The summed E-state index contributed by atoms with van der Waals surface area (Å²) in [7, 11) is -2.77. The highest BCUT2D eigenvalue weighted by Gasteiger charge is 2.25. The predicted octanol–water partition coefficient (Wildman–Crippen LogP) is 1.83. The quantitative estimate of drug-likeness (QED) is 0.861. The van der Waals surface area contributed by atoms with E-state index in [-0.39, 0.29) is 14.9 Å². The Morgan fingerprint density at radius 3 is 2.56 bits per heavy atom. The van der Waals surface area contributed by atoms with Gasteiger partial charge in [0.2, 0.25) is 10.0 Å². The molecule has 0 fully saturated rings. The van der Waals surface area contributed by atoms with Gasteiger partial charge in [-0.25, -0.2) is 8.42 Å².